The lowest BCUT2D eigenvalue weighted by molar-refractivity contribution is -0.115. The lowest BCUT2D eigenvalue weighted by atomic mass is 10.2. The summed E-state index contributed by atoms with van der Waals surface area (Å²) in [6, 6.07) is 17.7. The Balaban J connectivity index is 1.23. The van der Waals surface area contributed by atoms with Gasteiger partial charge in [0.15, 0.2) is 17.6 Å². The highest BCUT2D eigenvalue weighted by atomic mass is 32.2. The van der Waals surface area contributed by atoms with E-state index in [0.717, 1.165) is 17.3 Å². The molecular formula is C21H21N3O3S. The molecule has 1 aromatic heterocycles. The number of ether oxygens (including phenoxy) is 2. The van der Waals surface area contributed by atoms with Crippen LogP contribution < -0.4 is 14.8 Å². The van der Waals surface area contributed by atoms with Gasteiger partial charge in [-0.15, -0.1) is 11.8 Å². The number of carbonyl (C=O) groups is 1. The minimum Gasteiger partial charge on any atom is -0.486 e. The quantitative estimate of drug-likeness (QED) is 0.616. The molecule has 0 radical (unpaired) electrons. The van der Waals surface area contributed by atoms with Crippen molar-refractivity contribution in [2.24, 2.45) is 0 Å². The van der Waals surface area contributed by atoms with Gasteiger partial charge >= 0.3 is 0 Å². The highest BCUT2D eigenvalue weighted by molar-refractivity contribution is 7.99. The maximum Gasteiger partial charge on any atom is 0.225 e. The van der Waals surface area contributed by atoms with Crippen LogP contribution in [0.15, 0.2) is 71.9 Å². The average molecular weight is 395 g/mol. The molecule has 1 amide bonds. The van der Waals surface area contributed by atoms with E-state index in [1.54, 1.807) is 22.6 Å². The molecule has 2 aromatic carbocycles. The summed E-state index contributed by atoms with van der Waals surface area (Å²) >= 11 is 1.67. The minimum atomic E-state index is -0.124. The second kappa shape index (κ2) is 8.84. The first-order valence-electron chi connectivity index (χ1n) is 9.15. The van der Waals surface area contributed by atoms with Gasteiger partial charge in [-0.05, 0) is 24.3 Å². The molecule has 4 rings (SSSR count). The topological polar surface area (TPSA) is 65.4 Å². The molecule has 6 nitrogen and oxygen atoms in total. The normalized spacial score (nSPS) is 15.2. The number of para-hydroxylation sites is 2. The molecule has 1 aliphatic heterocycles. The fourth-order valence-electron chi connectivity index (χ4n) is 2.89. The Labute approximate surface area is 167 Å². The van der Waals surface area contributed by atoms with Gasteiger partial charge in [0.2, 0.25) is 5.91 Å². The monoisotopic (exact) mass is 395 g/mol. The smallest absolute Gasteiger partial charge is 0.225 e. The third-order valence-corrected chi connectivity index (χ3v) is 5.23. The fourth-order valence-corrected chi connectivity index (χ4v) is 3.76. The van der Waals surface area contributed by atoms with Crippen LogP contribution in [0.1, 0.15) is 6.42 Å². The van der Waals surface area contributed by atoms with Crippen molar-refractivity contribution in [1.82, 2.24) is 9.78 Å². The van der Waals surface area contributed by atoms with Crippen molar-refractivity contribution in [1.29, 1.82) is 0 Å². The maximum atomic E-state index is 12.1. The summed E-state index contributed by atoms with van der Waals surface area (Å²) in [7, 11) is 0. The van der Waals surface area contributed by atoms with Gasteiger partial charge < -0.3 is 14.8 Å². The summed E-state index contributed by atoms with van der Waals surface area (Å²) in [5, 5.41) is 7.20. The van der Waals surface area contributed by atoms with Crippen LogP contribution >= 0.6 is 11.8 Å². The standard InChI is InChI=1S/C21H21N3O3S/c25-21(10-11-28-18-6-2-1-3-7-18)23-16-12-22-24(13-16)14-17-15-26-19-8-4-5-9-20(19)27-17/h1-9,12-13,17H,10-11,14-15H2,(H,23,25)/t17-/m0/s1. The molecule has 2 heterocycles. The Morgan fingerprint density at radius 1 is 1.14 bits per heavy atom. The second-order valence-electron chi connectivity index (χ2n) is 6.41. The van der Waals surface area contributed by atoms with Crippen LogP contribution in [0.2, 0.25) is 0 Å². The maximum absolute atomic E-state index is 12.1. The second-order valence-corrected chi connectivity index (χ2v) is 7.58. The number of anilines is 1. The third kappa shape index (κ3) is 4.86. The summed E-state index contributed by atoms with van der Waals surface area (Å²) in [6.07, 6.45) is 3.79. The third-order valence-electron chi connectivity index (χ3n) is 4.22. The fraction of sp³-hybridized carbons (Fsp3) is 0.238. The summed E-state index contributed by atoms with van der Waals surface area (Å²) < 4.78 is 13.4. The van der Waals surface area contributed by atoms with E-state index in [-0.39, 0.29) is 12.0 Å². The molecule has 1 atom stereocenters. The molecule has 0 fully saturated rings. The van der Waals surface area contributed by atoms with E-state index in [0.29, 0.717) is 25.3 Å². The largest absolute Gasteiger partial charge is 0.486 e. The molecule has 0 spiro atoms. The van der Waals surface area contributed by atoms with Gasteiger partial charge in [-0.3, -0.25) is 9.48 Å². The summed E-state index contributed by atoms with van der Waals surface area (Å²) in [5.41, 5.74) is 0.687. The zero-order chi connectivity index (χ0) is 19.2. The Bertz CT molecular complexity index is 929. The van der Waals surface area contributed by atoms with Gasteiger partial charge in [-0.25, -0.2) is 0 Å². The number of nitrogens with zero attached hydrogens (tertiary/aromatic N) is 2. The van der Waals surface area contributed by atoms with Crippen molar-refractivity contribution in [2.45, 2.75) is 24.0 Å². The highest BCUT2D eigenvalue weighted by Crippen LogP contribution is 2.31. The van der Waals surface area contributed by atoms with E-state index in [9.17, 15) is 4.79 Å². The first kappa shape index (κ1) is 18.4. The number of amides is 1. The number of carbonyl (C=O) groups excluding carboxylic acids is 1. The number of thioether (sulfide) groups is 1. The zero-order valence-electron chi connectivity index (χ0n) is 15.3. The van der Waals surface area contributed by atoms with Crippen molar-refractivity contribution < 1.29 is 14.3 Å². The molecule has 0 saturated carbocycles. The molecule has 0 aliphatic carbocycles. The number of aromatic nitrogens is 2. The van der Waals surface area contributed by atoms with E-state index in [2.05, 4.69) is 10.4 Å². The van der Waals surface area contributed by atoms with E-state index in [4.69, 9.17) is 9.47 Å². The number of rotatable bonds is 7. The van der Waals surface area contributed by atoms with E-state index in [1.807, 2.05) is 60.8 Å². The van der Waals surface area contributed by atoms with Gasteiger partial charge in [0.25, 0.3) is 0 Å². The predicted octanol–water partition coefficient (Wildman–Crippen LogP) is 3.84. The summed E-state index contributed by atoms with van der Waals surface area (Å²) in [4.78, 5) is 13.3. The lowest BCUT2D eigenvalue weighted by Crippen LogP contribution is -2.33. The van der Waals surface area contributed by atoms with Gasteiger partial charge in [-0.2, -0.15) is 5.10 Å². The van der Waals surface area contributed by atoms with Crippen molar-refractivity contribution in [3.05, 3.63) is 67.0 Å². The van der Waals surface area contributed by atoms with Gasteiger partial charge in [0.1, 0.15) is 6.61 Å². The van der Waals surface area contributed by atoms with Crippen molar-refractivity contribution in [3.8, 4) is 11.5 Å². The van der Waals surface area contributed by atoms with Gasteiger partial charge in [0.05, 0.1) is 18.4 Å². The Kier molecular flexibility index (Phi) is 5.82. The number of fused-ring (bicyclic) bond motifs is 1. The molecule has 1 N–H and O–H groups in total. The van der Waals surface area contributed by atoms with Crippen molar-refractivity contribution in [3.63, 3.8) is 0 Å². The van der Waals surface area contributed by atoms with Crippen LogP contribution in [0, 0.1) is 0 Å². The molecule has 0 saturated heterocycles. The first-order chi connectivity index (χ1) is 13.8. The van der Waals surface area contributed by atoms with E-state index in [1.165, 1.54) is 4.90 Å². The molecule has 3 aromatic rings. The van der Waals surface area contributed by atoms with Crippen LogP contribution in [-0.2, 0) is 11.3 Å². The predicted molar refractivity (Wildman–Crippen MR) is 109 cm³/mol. The Morgan fingerprint density at radius 2 is 1.93 bits per heavy atom. The summed E-state index contributed by atoms with van der Waals surface area (Å²) in [6.45, 7) is 1.02. The van der Waals surface area contributed by atoms with Crippen LogP contribution in [0.3, 0.4) is 0 Å². The molecule has 0 bridgehead atoms. The summed E-state index contributed by atoms with van der Waals surface area (Å²) in [5.74, 6) is 2.22. The number of hydrogen-bond acceptors (Lipinski definition) is 5. The van der Waals surface area contributed by atoms with Crippen LogP contribution in [0.25, 0.3) is 0 Å². The molecule has 28 heavy (non-hydrogen) atoms. The Morgan fingerprint density at radius 3 is 2.79 bits per heavy atom. The van der Waals surface area contributed by atoms with Crippen molar-refractivity contribution in [2.75, 3.05) is 17.7 Å². The van der Waals surface area contributed by atoms with Gasteiger partial charge in [0, 0.05) is 23.3 Å². The minimum absolute atomic E-state index is 0.0193. The van der Waals surface area contributed by atoms with Crippen LogP contribution in [0.4, 0.5) is 5.69 Å². The Hall–Kier alpha value is -2.93. The highest BCUT2D eigenvalue weighted by Gasteiger charge is 2.21. The van der Waals surface area contributed by atoms with E-state index >= 15 is 0 Å². The SMILES string of the molecule is O=C(CCSc1ccccc1)Nc1cnn(C[C@H]2COc3ccccc3O2)c1. The zero-order valence-corrected chi connectivity index (χ0v) is 16.1. The van der Waals surface area contributed by atoms with Crippen molar-refractivity contribution >= 4 is 23.4 Å². The molecule has 7 heteroatoms. The van der Waals surface area contributed by atoms with Gasteiger partial charge in [-0.1, -0.05) is 30.3 Å². The molecule has 1 aliphatic rings. The first-order valence-corrected chi connectivity index (χ1v) is 10.1. The average Bonchev–Trinajstić information content (AvgIpc) is 3.15. The van der Waals surface area contributed by atoms with Crippen LogP contribution in [0.5, 0.6) is 11.5 Å². The van der Waals surface area contributed by atoms with E-state index < -0.39 is 0 Å². The number of benzene rings is 2. The number of hydrogen-bond donors (Lipinski definition) is 1. The lowest BCUT2D eigenvalue weighted by Gasteiger charge is -2.26. The van der Waals surface area contributed by atoms with Crippen LogP contribution in [-0.4, -0.2) is 34.2 Å². The molecule has 144 valence electrons. The molecular weight excluding hydrogens is 374 g/mol. The number of nitrogens with one attached hydrogen (secondary N) is 1. The molecule has 0 unspecified atom stereocenters.